The standard InChI is InChI=1S/C23H36N4O2S.HI/c1-18-4-5-20(19(2)14-18)21-15-26(7-12-29-21)22(24-3)25-16-23(6-13-30-17-23)27-8-10-28-11-9-27;/h4-5,14,21H,6-13,15-17H2,1-3H3,(H,24,25);1H. The second kappa shape index (κ2) is 11.5. The fourth-order valence-electron chi connectivity index (χ4n) is 4.93. The Morgan fingerprint density at radius 3 is 2.71 bits per heavy atom. The van der Waals surface area contributed by atoms with E-state index in [0.717, 1.165) is 58.5 Å². The average molecular weight is 561 g/mol. The van der Waals surface area contributed by atoms with Gasteiger partial charge >= 0.3 is 0 Å². The number of halogens is 1. The number of nitrogens with zero attached hydrogens (tertiary/aromatic N) is 3. The lowest BCUT2D eigenvalue weighted by molar-refractivity contribution is -0.0151. The summed E-state index contributed by atoms with van der Waals surface area (Å²) in [6, 6.07) is 6.65. The highest BCUT2D eigenvalue weighted by atomic mass is 127. The summed E-state index contributed by atoms with van der Waals surface area (Å²) in [5.74, 6) is 3.42. The van der Waals surface area contributed by atoms with Crippen LogP contribution in [0, 0.1) is 13.8 Å². The molecule has 1 N–H and O–H groups in total. The van der Waals surface area contributed by atoms with Crippen molar-refractivity contribution in [2.24, 2.45) is 4.99 Å². The Morgan fingerprint density at radius 1 is 1.23 bits per heavy atom. The van der Waals surface area contributed by atoms with Crippen molar-refractivity contribution in [1.29, 1.82) is 0 Å². The van der Waals surface area contributed by atoms with Crippen molar-refractivity contribution >= 4 is 41.7 Å². The summed E-state index contributed by atoms with van der Waals surface area (Å²) in [7, 11) is 1.90. The van der Waals surface area contributed by atoms with Gasteiger partial charge in [-0.25, -0.2) is 0 Å². The highest BCUT2D eigenvalue weighted by Gasteiger charge is 2.41. The van der Waals surface area contributed by atoms with Gasteiger partial charge in [0.15, 0.2) is 5.96 Å². The lowest BCUT2D eigenvalue weighted by Crippen LogP contribution is -2.60. The Labute approximate surface area is 208 Å². The molecule has 0 spiro atoms. The van der Waals surface area contributed by atoms with Crippen LogP contribution in [0.1, 0.15) is 29.2 Å². The summed E-state index contributed by atoms with van der Waals surface area (Å²) in [6.07, 6.45) is 1.32. The van der Waals surface area contributed by atoms with Crippen LogP contribution in [0.3, 0.4) is 0 Å². The van der Waals surface area contributed by atoms with E-state index in [2.05, 4.69) is 63.9 Å². The van der Waals surface area contributed by atoms with Crippen molar-refractivity contribution < 1.29 is 9.47 Å². The molecule has 3 fully saturated rings. The molecule has 6 nitrogen and oxygen atoms in total. The molecule has 0 radical (unpaired) electrons. The lowest BCUT2D eigenvalue weighted by atomic mass is 9.95. The Bertz CT molecular complexity index is 751. The van der Waals surface area contributed by atoms with Gasteiger partial charge in [0, 0.05) is 44.5 Å². The Kier molecular flexibility index (Phi) is 9.34. The van der Waals surface area contributed by atoms with Gasteiger partial charge in [-0.1, -0.05) is 23.8 Å². The zero-order valence-corrected chi connectivity index (χ0v) is 22.2. The summed E-state index contributed by atoms with van der Waals surface area (Å²) in [4.78, 5) is 9.65. The summed E-state index contributed by atoms with van der Waals surface area (Å²) < 4.78 is 11.8. The number of aliphatic imine (C=N–C) groups is 1. The Balaban J connectivity index is 0.00000272. The molecular weight excluding hydrogens is 523 g/mol. The van der Waals surface area contributed by atoms with Gasteiger partial charge in [-0.05, 0) is 37.1 Å². The van der Waals surface area contributed by atoms with E-state index in [-0.39, 0.29) is 35.6 Å². The maximum absolute atomic E-state index is 6.15. The first-order valence-electron chi connectivity index (χ1n) is 11.2. The van der Waals surface area contributed by atoms with Crippen molar-refractivity contribution in [3.8, 4) is 0 Å². The number of benzene rings is 1. The largest absolute Gasteiger partial charge is 0.379 e. The van der Waals surface area contributed by atoms with Gasteiger partial charge in [0.2, 0.25) is 0 Å². The molecule has 8 heteroatoms. The molecule has 0 bridgehead atoms. The van der Waals surface area contributed by atoms with Gasteiger partial charge in [-0.2, -0.15) is 11.8 Å². The lowest BCUT2D eigenvalue weighted by Gasteiger charge is -2.44. The third kappa shape index (κ3) is 5.88. The van der Waals surface area contributed by atoms with E-state index in [1.54, 1.807) is 0 Å². The van der Waals surface area contributed by atoms with E-state index in [4.69, 9.17) is 9.47 Å². The zero-order valence-electron chi connectivity index (χ0n) is 19.1. The highest BCUT2D eigenvalue weighted by Crippen LogP contribution is 2.34. The van der Waals surface area contributed by atoms with Crippen molar-refractivity contribution in [2.75, 3.05) is 71.1 Å². The first-order chi connectivity index (χ1) is 14.6. The number of ether oxygens (including phenoxy) is 2. The minimum Gasteiger partial charge on any atom is -0.379 e. The van der Waals surface area contributed by atoms with Crippen molar-refractivity contribution in [1.82, 2.24) is 15.1 Å². The zero-order chi connectivity index (χ0) is 21.0. The number of thioether (sulfide) groups is 1. The summed E-state index contributed by atoms with van der Waals surface area (Å²) in [5.41, 5.74) is 4.10. The molecule has 1 aromatic rings. The minimum atomic E-state index is 0. The van der Waals surface area contributed by atoms with Gasteiger partial charge in [-0.3, -0.25) is 9.89 Å². The maximum atomic E-state index is 6.15. The van der Waals surface area contributed by atoms with E-state index in [1.165, 1.54) is 34.6 Å². The molecule has 3 heterocycles. The molecule has 3 aliphatic rings. The molecule has 1 aromatic carbocycles. The van der Waals surface area contributed by atoms with E-state index < -0.39 is 0 Å². The van der Waals surface area contributed by atoms with Crippen LogP contribution >= 0.6 is 35.7 Å². The van der Waals surface area contributed by atoms with Gasteiger partial charge in [0.05, 0.1) is 26.4 Å². The first kappa shape index (κ1) is 25.1. The minimum absolute atomic E-state index is 0. The molecule has 0 amide bonds. The smallest absolute Gasteiger partial charge is 0.193 e. The molecular formula is C23H37IN4O2S. The van der Waals surface area contributed by atoms with Crippen LogP contribution in [0.15, 0.2) is 23.2 Å². The summed E-state index contributed by atoms with van der Waals surface area (Å²) in [6.45, 7) is 11.5. The average Bonchev–Trinajstić information content (AvgIpc) is 3.25. The fraction of sp³-hybridized carbons (Fsp3) is 0.696. The maximum Gasteiger partial charge on any atom is 0.193 e. The number of nitrogens with one attached hydrogen (secondary N) is 1. The predicted octanol–water partition coefficient (Wildman–Crippen LogP) is 3.08. The summed E-state index contributed by atoms with van der Waals surface area (Å²) in [5, 5.41) is 3.74. The van der Waals surface area contributed by atoms with Crippen LogP contribution in [-0.4, -0.2) is 92.4 Å². The summed E-state index contributed by atoms with van der Waals surface area (Å²) >= 11 is 2.07. The molecule has 4 rings (SSSR count). The van der Waals surface area contributed by atoms with Crippen LogP contribution in [0.5, 0.6) is 0 Å². The normalized spacial score (nSPS) is 27.8. The molecule has 31 heavy (non-hydrogen) atoms. The van der Waals surface area contributed by atoms with E-state index in [1.807, 2.05) is 7.05 Å². The number of morpholine rings is 2. The van der Waals surface area contributed by atoms with Crippen LogP contribution in [0.2, 0.25) is 0 Å². The van der Waals surface area contributed by atoms with E-state index in [0.29, 0.717) is 0 Å². The van der Waals surface area contributed by atoms with Crippen molar-refractivity contribution in [3.05, 3.63) is 34.9 Å². The molecule has 2 unspecified atom stereocenters. The highest BCUT2D eigenvalue weighted by molar-refractivity contribution is 14.0. The Hall–Kier alpha value is -0.550. The molecule has 2 atom stereocenters. The SMILES string of the molecule is CN=C(NCC1(N2CCOCC2)CCSC1)N1CCOC(c2ccc(C)cc2C)C1.I. The van der Waals surface area contributed by atoms with Gasteiger partial charge in [0.1, 0.15) is 6.10 Å². The number of rotatable bonds is 4. The molecule has 3 aliphatic heterocycles. The molecule has 0 aromatic heterocycles. The van der Waals surface area contributed by atoms with Crippen molar-refractivity contribution in [3.63, 3.8) is 0 Å². The van der Waals surface area contributed by atoms with Gasteiger partial charge in [0.25, 0.3) is 0 Å². The van der Waals surface area contributed by atoms with Crippen LogP contribution in [0.25, 0.3) is 0 Å². The molecule has 174 valence electrons. The second-order valence-electron chi connectivity index (χ2n) is 8.69. The number of aryl methyl sites for hydroxylation is 2. The van der Waals surface area contributed by atoms with E-state index >= 15 is 0 Å². The third-order valence-electron chi connectivity index (χ3n) is 6.69. The van der Waals surface area contributed by atoms with Gasteiger partial charge in [-0.15, -0.1) is 24.0 Å². The first-order valence-corrected chi connectivity index (χ1v) is 12.3. The van der Waals surface area contributed by atoms with Crippen LogP contribution < -0.4 is 5.32 Å². The van der Waals surface area contributed by atoms with Gasteiger partial charge < -0.3 is 19.7 Å². The van der Waals surface area contributed by atoms with Crippen molar-refractivity contribution in [2.45, 2.75) is 31.9 Å². The monoisotopic (exact) mass is 560 g/mol. The van der Waals surface area contributed by atoms with Crippen LogP contribution in [-0.2, 0) is 9.47 Å². The number of guanidine groups is 1. The molecule has 3 saturated heterocycles. The number of hydrogen-bond donors (Lipinski definition) is 1. The predicted molar refractivity (Wildman–Crippen MR) is 140 cm³/mol. The molecule has 0 aliphatic carbocycles. The Morgan fingerprint density at radius 2 is 2.03 bits per heavy atom. The number of hydrogen-bond acceptors (Lipinski definition) is 5. The quantitative estimate of drug-likeness (QED) is 0.347. The fourth-order valence-corrected chi connectivity index (χ4v) is 6.40. The molecule has 0 saturated carbocycles. The third-order valence-corrected chi connectivity index (χ3v) is 7.92. The second-order valence-corrected chi connectivity index (χ2v) is 9.80. The van der Waals surface area contributed by atoms with E-state index in [9.17, 15) is 0 Å². The van der Waals surface area contributed by atoms with Crippen LogP contribution in [0.4, 0.5) is 0 Å². The topological polar surface area (TPSA) is 49.3 Å².